The van der Waals surface area contributed by atoms with Crippen LogP contribution < -0.4 is 11.5 Å². The highest BCUT2D eigenvalue weighted by molar-refractivity contribution is 7.45. The normalized spacial score (nSPS) is 14.2. The van der Waals surface area contributed by atoms with Gasteiger partial charge in [-0.25, -0.2) is 4.57 Å². The molecule has 0 bridgehead atoms. The number of nitrogens with two attached hydrogens (primary N) is 2. The second kappa shape index (κ2) is 10.1. The van der Waals surface area contributed by atoms with Gasteiger partial charge >= 0.3 is 7.82 Å². The van der Waals surface area contributed by atoms with Gasteiger partial charge in [-0.3, -0.25) is 0 Å². The number of hydrogen-bond acceptors (Lipinski definition) is 3. The van der Waals surface area contributed by atoms with Gasteiger partial charge in [0.25, 0.3) is 0 Å². The van der Waals surface area contributed by atoms with Crippen LogP contribution in [0.15, 0.2) is 0 Å². The van der Waals surface area contributed by atoms with E-state index in [4.69, 9.17) is 30.7 Å². The van der Waals surface area contributed by atoms with Crippen molar-refractivity contribution in [2.45, 2.75) is 25.7 Å². The predicted octanol–water partition coefficient (Wildman–Crippen LogP) is -0.464. The average molecular weight is 214 g/mol. The zero-order valence-electron chi connectivity index (χ0n) is 7.59. The molecule has 0 aromatic rings. The maximum Gasteiger partial charge on any atom is 0.466 e. The molecule has 0 radical (unpaired) electrons. The minimum absolute atomic E-state index is 0.597. The highest BCUT2D eigenvalue weighted by atomic mass is 31.2. The summed E-state index contributed by atoms with van der Waals surface area (Å²) in [4.78, 5) is 21.6. The molecule has 0 heterocycles. The van der Waals surface area contributed by atoms with Crippen molar-refractivity contribution in [2.75, 3.05) is 13.1 Å². The van der Waals surface area contributed by atoms with Gasteiger partial charge in [0.2, 0.25) is 0 Å². The topological polar surface area (TPSA) is 130 Å². The van der Waals surface area contributed by atoms with E-state index in [0.717, 1.165) is 0 Å². The van der Waals surface area contributed by atoms with Crippen molar-refractivity contribution in [3.63, 3.8) is 0 Å². The molecule has 0 amide bonds. The van der Waals surface area contributed by atoms with Gasteiger partial charge in [0.15, 0.2) is 0 Å². The number of phosphoric acid groups is 1. The number of rotatable bonds is 1. The van der Waals surface area contributed by atoms with E-state index in [0.29, 0.717) is 13.1 Å². The van der Waals surface area contributed by atoms with Crippen LogP contribution in [-0.2, 0) is 4.57 Å². The van der Waals surface area contributed by atoms with Crippen LogP contribution in [0.25, 0.3) is 0 Å². The summed E-state index contributed by atoms with van der Waals surface area (Å²) in [6, 6.07) is 0. The summed E-state index contributed by atoms with van der Waals surface area (Å²) >= 11 is 0. The minimum atomic E-state index is -4.64. The van der Waals surface area contributed by atoms with Crippen LogP contribution in [-0.4, -0.2) is 27.8 Å². The molecule has 0 aromatic carbocycles. The predicted molar refractivity (Wildman–Crippen MR) is 50.8 cm³/mol. The van der Waals surface area contributed by atoms with Crippen LogP contribution in [0.4, 0.5) is 0 Å². The van der Waals surface area contributed by atoms with E-state index in [1.54, 1.807) is 0 Å². The van der Waals surface area contributed by atoms with Gasteiger partial charge in [-0.2, -0.15) is 0 Å². The van der Waals surface area contributed by atoms with Crippen molar-refractivity contribution < 1.29 is 19.2 Å². The molecular weight excluding hydrogens is 195 g/mol. The van der Waals surface area contributed by atoms with Gasteiger partial charge < -0.3 is 26.1 Å². The standard InChI is InChI=1S/C4H8.C2H8N2.H3O4P/c1-2-4-3-1;3-1-2-4;1-5(2,3)4/h2*1-4H2;(H3,1,2,3,4). The van der Waals surface area contributed by atoms with Crippen LogP contribution in [0.3, 0.4) is 0 Å². The quantitative estimate of drug-likeness (QED) is 0.375. The molecule has 0 aliphatic heterocycles. The molecule has 0 atom stereocenters. The van der Waals surface area contributed by atoms with E-state index >= 15 is 0 Å². The Morgan fingerprint density at radius 2 is 1.08 bits per heavy atom. The lowest BCUT2D eigenvalue weighted by Gasteiger charge is -2.05. The van der Waals surface area contributed by atoms with Crippen LogP contribution in [0.1, 0.15) is 25.7 Å². The van der Waals surface area contributed by atoms with Gasteiger partial charge in [-0.1, -0.05) is 25.7 Å². The Kier molecular flexibility index (Phi) is 12.1. The number of hydrogen-bond donors (Lipinski definition) is 5. The fourth-order valence-corrected chi connectivity index (χ4v) is 0.250. The maximum absolute atomic E-state index is 8.88. The lowest BCUT2D eigenvalue weighted by atomic mass is 10.0. The first-order valence-corrected chi connectivity index (χ1v) is 5.66. The molecule has 82 valence electrons. The lowest BCUT2D eigenvalue weighted by molar-refractivity contribution is 0.275. The van der Waals surface area contributed by atoms with Gasteiger partial charge in [0.05, 0.1) is 0 Å². The molecule has 1 aliphatic rings. The zero-order chi connectivity index (χ0) is 10.7. The highest BCUT2D eigenvalue weighted by Gasteiger charge is 2.00. The van der Waals surface area contributed by atoms with Crippen molar-refractivity contribution in [1.82, 2.24) is 0 Å². The van der Waals surface area contributed by atoms with Gasteiger partial charge in [0, 0.05) is 13.1 Å². The van der Waals surface area contributed by atoms with Crippen molar-refractivity contribution >= 4 is 7.82 Å². The largest absolute Gasteiger partial charge is 0.466 e. The van der Waals surface area contributed by atoms with Crippen LogP contribution in [0.2, 0.25) is 0 Å². The Bertz CT molecular complexity index is 120. The summed E-state index contributed by atoms with van der Waals surface area (Å²) in [6.45, 7) is 1.19. The van der Waals surface area contributed by atoms with E-state index < -0.39 is 7.82 Å². The Morgan fingerprint density at radius 1 is 0.923 bits per heavy atom. The maximum atomic E-state index is 8.88. The molecule has 1 aliphatic carbocycles. The molecule has 6 nitrogen and oxygen atoms in total. The second-order valence-corrected chi connectivity index (χ2v) is 3.53. The van der Waals surface area contributed by atoms with Crippen LogP contribution in [0.5, 0.6) is 0 Å². The molecule has 1 rings (SSSR count). The first-order chi connectivity index (χ1) is 5.91. The Hall–Kier alpha value is 0.0300. The van der Waals surface area contributed by atoms with Gasteiger partial charge in [0.1, 0.15) is 0 Å². The van der Waals surface area contributed by atoms with Crippen LogP contribution >= 0.6 is 7.82 Å². The molecule has 0 unspecified atom stereocenters. The molecule has 1 fully saturated rings. The Morgan fingerprint density at radius 3 is 1.08 bits per heavy atom. The van der Waals surface area contributed by atoms with E-state index in [9.17, 15) is 0 Å². The van der Waals surface area contributed by atoms with Crippen LogP contribution in [0, 0.1) is 0 Å². The van der Waals surface area contributed by atoms with Crippen molar-refractivity contribution in [1.29, 1.82) is 0 Å². The van der Waals surface area contributed by atoms with E-state index in [1.807, 2.05) is 0 Å². The minimum Gasteiger partial charge on any atom is -0.329 e. The van der Waals surface area contributed by atoms with E-state index in [1.165, 1.54) is 25.7 Å². The monoisotopic (exact) mass is 214 g/mol. The first-order valence-electron chi connectivity index (χ1n) is 4.10. The highest BCUT2D eigenvalue weighted by Crippen LogP contribution is 2.25. The Labute approximate surface area is 78.2 Å². The van der Waals surface area contributed by atoms with E-state index in [2.05, 4.69) is 0 Å². The molecule has 0 spiro atoms. The first kappa shape index (κ1) is 15.5. The molecule has 7 heteroatoms. The fourth-order valence-electron chi connectivity index (χ4n) is 0.250. The summed E-state index contributed by atoms with van der Waals surface area (Å²) in [5.74, 6) is 0. The van der Waals surface area contributed by atoms with Gasteiger partial charge in [-0.05, 0) is 0 Å². The molecule has 13 heavy (non-hydrogen) atoms. The third-order valence-corrected chi connectivity index (χ3v) is 1.17. The summed E-state index contributed by atoms with van der Waals surface area (Å²) in [5.41, 5.74) is 9.81. The lowest BCUT2D eigenvalue weighted by Crippen LogP contribution is -2.11. The van der Waals surface area contributed by atoms with Gasteiger partial charge in [-0.15, -0.1) is 0 Å². The molecular formula is C6H19N2O4P. The average Bonchev–Trinajstić information content (AvgIpc) is 1.79. The summed E-state index contributed by atoms with van der Waals surface area (Å²) in [6.07, 6.45) is 6.00. The van der Waals surface area contributed by atoms with Crippen molar-refractivity contribution in [3.05, 3.63) is 0 Å². The summed E-state index contributed by atoms with van der Waals surface area (Å²) in [7, 11) is -4.64. The third-order valence-electron chi connectivity index (χ3n) is 1.17. The second-order valence-electron chi connectivity index (χ2n) is 2.50. The molecule has 0 saturated heterocycles. The SMILES string of the molecule is C1CCC1.NCCN.O=P(O)(O)O. The summed E-state index contributed by atoms with van der Waals surface area (Å²) in [5, 5.41) is 0. The zero-order valence-corrected chi connectivity index (χ0v) is 8.49. The molecule has 0 aromatic heterocycles. The summed E-state index contributed by atoms with van der Waals surface area (Å²) < 4.78 is 8.88. The Balaban J connectivity index is 0. The fraction of sp³-hybridized carbons (Fsp3) is 1.00. The van der Waals surface area contributed by atoms with Crippen molar-refractivity contribution in [2.24, 2.45) is 11.5 Å². The van der Waals surface area contributed by atoms with Crippen molar-refractivity contribution in [3.8, 4) is 0 Å². The van der Waals surface area contributed by atoms with E-state index in [-0.39, 0.29) is 0 Å². The smallest absolute Gasteiger partial charge is 0.329 e. The molecule has 7 N–H and O–H groups in total. The molecule has 1 saturated carbocycles. The third kappa shape index (κ3) is 47.8.